The van der Waals surface area contributed by atoms with Gasteiger partial charge in [0, 0.05) is 19.9 Å². The molecule has 0 atom stereocenters. The number of carbonyl (C=O) groups excluding carboxylic acids is 2. The number of amides is 2. The van der Waals surface area contributed by atoms with Crippen LogP contribution in [-0.4, -0.2) is 41.6 Å². The third-order valence-electron chi connectivity index (χ3n) is 4.57. The van der Waals surface area contributed by atoms with Crippen LogP contribution in [0.2, 0.25) is 0 Å². The fourth-order valence-corrected chi connectivity index (χ4v) is 3.14. The summed E-state index contributed by atoms with van der Waals surface area (Å²) in [6.45, 7) is -0.254. The molecular formula is C21H20FN4NaO5. The maximum Gasteiger partial charge on any atom is 1.00 e. The molecule has 0 radical (unpaired) electrons. The molecular weight excluding hydrogens is 430 g/mol. The molecule has 3 aromatic rings. The summed E-state index contributed by atoms with van der Waals surface area (Å²) in [7, 11) is 1.44. The number of benzene rings is 1. The average molecular weight is 450 g/mol. The van der Waals surface area contributed by atoms with Gasteiger partial charge in [-0.3, -0.25) is 23.9 Å². The number of nitrogens with two attached hydrogens (primary N) is 1. The minimum absolute atomic E-state index is 0. The Bertz CT molecular complexity index is 1200. The normalized spacial score (nSPS) is 10.6. The summed E-state index contributed by atoms with van der Waals surface area (Å²) in [6, 6.07) is 7.36. The third-order valence-corrected chi connectivity index (χ3v) is 4.57. The molecule has 3 rings (SSSR count). The van der Waals surface area contributed by atoms with Crippen molar-refractivity contribution in [3.63, 3.8) is 0 Å². The van der Waals surface area contributed by atoms with Crippen molar-refractivity contribution in [3.05, 3.63) is 69.4 Å². The third kappa shape index (κ3) is 5.71. The topological polar surface area (TPSA) is 139 Å². The number of hydrogen-bond donors (Lipinski definition) is 2. The molecule has 11 heteroatoms. The Morgan fingerprint density at radius 1 is 1.25 bits per heavy atom. The van der Waals surface area contributed by atoms with Crippen LogP contribution in [0, 0.1) is 5.82 Å². The number of halogens is 1. The zero-order valence-corrected chi connectivity index (χ0v) is 19.7. The average Bonchev–Trinajstić information content (AvgIpc) is 2.73. The van der Waals surface area contributed by atoms with Crippen molar-refractivity contribution < 1.29 is 53.4 Å². The van der Waals surface area contributed by atoms with E-state index in [1.165, 1.54) is 31.5 Å². The van der Waals surface area contributed by atoms with E-state index in [-0.39, 0.29) is 59.6 Å². The SMILES string of the molecule is COCCNC(=O)c1c([O-])c2ncc(Cc3ccc(F)cc3)cc2n(CC(N)=O)c1=O.[Na+]. The van der Waals surface area contributed by atoms with Crippen LogP contribution in [0.4, 0.5) is 4.39 Å². The van der Waals surface area contributed by atoms with Gasteiger partial charge in [0.15, 0.2) is 0 Å². The second-order valence-electron chi connectivity index (χ2n) is 6.82. The van der Waals surface area contributed by atoms with Gasteiger partial charge in [-0.05, 0) is 35.7 Å². The first-order valence-electron chi connectivity index (χ1n) is 9.34. The van der Waals surface area contributed by atoms with E-state index in [4.69, 9.17) is 10.5 Å². The van der Waals surface area contributed by atoms with Crippen LogP contribution in [0.25, 0.3) is 11.0 Å². The van der Waals surface area contributed by atoms with Crippen molar-refractivity contribution in [1.29, 1.82) is 0 Å². The van der Waals surface area contributed by atoms with Crippen molar-refractivity contribution in [2.24, 2.45) is 5.73 Å². The van der Waals surface area contributed by atoms with Gasteiger partial charge in [0.1, 0.15) is 12.4 Å². The first-order valence-corrected chi connectivity index (χ1v) is 9.34. The molecule has 1 aromatic carbocycles. The number of rotatable bonds is 8. The zero-order chi connectivity index (χ0) is 22.5. The van der Waals surface area contributed by atoms with Crippen LogP contribution >= 0.6 is 0 Å². The van der Waals surface area contributed by atoms with E-state index < -0.39 is 35.2 Å². The molecule has 3 N–H and O–H groups in total. The Labute approximate surface area is 204 Å². The molecule has 2 amide bonds. The van der Waals surface area contributed by atoms with Gasteiger partial charge >= 0.3 is 29.6 Å². The largest absolute Gasteiger partial charge is 1.00 e. The molecule has 32 heavy (non-hydrogen) atoms. The first kappa shape index (κ1) is 25.5. The van der Waals surface area contributed by atoms with Crippen molar-refractivity contribution in [2.75, 3.05) is 20.3 Å². The predicted octanol–water partition coefficient (Wildman–Crippen LogP) is -2.93. The number of nitrogens with one attached hydrogen (secondary N) is 1. The van der Waals surface area contributed by atoms with Gasteiger partial charge in [-0.1, -0.05) is 17.9 Å². The monoisotopic (exact) mass is 450 g/mol. The molecule has 0 fully saturated rings. The second kappa shape index (κ2) is 11.2. The number of pyridine rings is 2. The van der Waals surface area contributed by atoms with Gasteiger partial charge in [0.2, 0.25) is 5.91 Å². The summed E-state index contributed by atoms with van der Waals surface area (Å²) in [4.78, 5) is 41.0. The van der Waals surface area contributed by atoms with Gasteiger partial charge in [-0.25, -0.2) is 4.39 Å². The van der Waals surface area contributed by atoms with Gasteiger partial charge in [0.25, 0.3) is 11.5 Å². The number of aromatic nitrogens is 2. The molecule has 0 saturated carbocycles. The molecule has 0 saturated heterocycles. The van der Waals surface area contributed by atoms with E-state index in [1.807, 2.05) is 0 Å². The van der Waals surface area contributed by atoms with Crippen molar-refractivity contribution in [3.8, 4) is 5.75 Å². The number of carbonyl (C=O) groups is 2. The zero-order valence-electron chi connectivity index (χ0n) is 17.7. The minimum Gasteiger partial charge on any atom is -0.870 e. The quantitative estimate of drug-likeness (QED) is 0.278. The second-order valence-corrected chi connectivity index (χ2v) is 6.82. The fourth-order valence-electron chi connectivity index (χ4n) is 3.14. The van der Waals surface area contributed by atoms with Crippen LogP contribution in [0.3, 0.4) is 0 Å². The molecule has 0 aliphatic carbocycles. The van der Waals surface area contributed by atoms with Crippen molar-refractivity contribution >= 4 is 22.8 Å². The van der Waals surface area contributed by atoms with E-state index in [0.717, 1.165) is 10.1 Å². The molecule has 9 nitrogen and oxygen atoms in total. The van der Waals surface area contributed by atoms with Crippen LogP contribution in [0.1, 0.15) is 21.5 Å². The molecule has 0 unspecified atom stereocenters. The van der Waals surface area contributed by atoms with E-state index in [9.17, 15) is 23.9 Å². The number of ether oxygens (including phenoxy) is 1. The summed E-state index contributed by atoms with van der Waals surface area (Å²) < 4.78 is 18.9. The van der Waals surface area contributed by atoms with E-state index in [2.05, 4.69) is 10.3 Å². The Hall–Kier alpha value is -2.79. The van der Waals surface area contributed by atoms with Crippen molar-refractivity contribution in [1.82, 2.24) is 14.9 Å². The molecule has 2 aromatic heterocycles. The van der Waals surface area contributed by atoms with Crippen LogP contribution < -0.4 is 51.3 Å². The number of primary amides is 1. The Morgan fingerprint density at radius 3 is 2.56 bits per heavy atom. The fraction of sp³-hybridized carbons (Fsp3) is 0.238. The summed E-state index contributed by atoms with van der Waals surface area (Å²) >= 11 is 0. The van der Waals surface area contributed by atoms with Crippen LogP contribution in [0.15, 0.2) is 41.3 Å². The Kier molecular flexibility index (Phi) is 8.90. The van der Waals surface area contributed by atoms with Gasteiger partial charge < -0.3 is 20.9 Å². The van der Waals surface area contributed by atoms with E-state index in [0.29, 0.717) is 12.0 Å². The molecule has 0 bridgehead atoms. The van der Waals surface area contributed by atoms with Gasteiger partial charge in [0.05, 0.1) is 23.2 Å². The number of methoxy groups -OCH3 is 1. The standard InChI is InChI=1S/C21H21FN4O5.Na/c1-31-7-6-24-20(29)17-19(28)18-15(26(21(17)30)11-16(23)27)9-13(10-25-18)8-12-2-4-14(22)5-3-12;/h2-5,9-10,28H,6-8,11H2,1H3,(H2,23,27)(H,24,29);/q;+1/p-1. The first-order chi connectivity index (χ1) is 14.8. The van der Waals surface area contributed by atoms with Gasteiger partial charge in [-0.15, -0.1) is 0 Å². The maximum atomic E-state index is 13.1. The predicted molar refractivity (Wildman–Crippen MR) is 108 cm³/mol. The molecule has 0 aliphatic heterocycles. The van der Waals surface area contributed by atoms with Crippen molar-refractivity contribution in [2.45, 2.75) is 13.0 Å². The van der Waals surface area contributed by atoms with Crippen LogP contribution in [0.5, 0.6) is 5.75 Å². The van der Waals surface area contributed by atoms with Gasteiger partial charge in [-0.2, -0.15) is 0 Å². The molecule has 0 aliphatic rings. The van der Waals surface area contributed by atoms with E-state index in [1.54, 1.807) is 12.1 Å². The van der Waals surface area contributed by atoms with Crippen LogP contribution in [-0.2, 0) is 22.5 Å². The number of fused-ring (bicyclic) bond motifs is 1. The molecule has 162 valence electrons. The maximum absolute atomic E-state index is 13.1. The summed E-state index contributed by atoms with van der Waals surface area (Å²) in [5, 5.41) is 15.3. The number of hydrogen-bond acceptors (Lipinski definition) is 6. The Morgan fingerprint density at radius 2 is 1.94 bits per heavy atom. The molecule has 0 spiro atoms. The summed E-state index contributed by atoms with van der Waals surface area (Å²) in [6.07, 6.45) is 1.78. The number of nitrogens with zero attached hydrogens (tertiary/aromatic N) is 2. The van der Waals surface area contributed by atoms with E-state index >= 15 is 0 Å². The summed E-state index contributed by atoms with van der Waals surface area (Å²) in [5.41, 5.74) is 5.03. The molecule has 2 heterocycles. The Balaban J connectivity index is 0.00000363. The summed E-state index contributed by atoms with van der Waals surface area (Å²) in [5.74, 6) is -2.92. The minimum atomic E-state index is -0.938. The smallest absolute Gasteiger partial charge is 0.870 e.